The molecule has 2 aromatic rings. The van der Waals surface area contributed by atoms with Gasteiger partial charge in [-0.05, 0) is 42.8 Å². The van der Waals surface area contributed by atoms with Gasteiger partial charge in [0.2, 0.25) is 10.0 Å². The first kappa shape index (κ1) is 26.4. The summed E-state index contributed by atoms with van der Waals surface area (Å²) < 4.78 is 61.1. The summed E-state index contributed by atoms with van der Waals surface area (Å²) in [4.78, 5) is 10.9. The number of hydrogen-bond donors (Lipinski definition) is 3. The van der Waals surface area contributed by atoms with Crippen molar-refractivity contribution in [3.63, 3.8) is 0 Å². The number of sulfonamides is 2. The van der Waals surface area contributed by atoms with Gasteiger partial charge in [-0.2, -0.15) is 4.31 Å². The van der Waals surface area contributed by atoms with Crippen LogP contribution in [-0.2, 0) is 20.0 Å². The van der Waals surface area contributed by atoms with Crippen LogP contribution in [0.25, 0.3) is 0 Å². The van der Waals surface area contributed by atoms with Gasteiger partial charge in [0.15, 0.2) is 0 Å². The van der Waals surface area contributed by atoms with Crippen molar-refractivity contribution < 1.29 is 31.5 Å². The number of ether oxygens (including phenoxy) is 1. The number of anilines is 2. The number of hydrogen-bond acceptors (Lipinski definition) is 7. The van der Waals surface area contributed by atoms with Gasteiger partial charge in [0, 0.05) is 19.6 Å². The van der Waals surface area contributed by atoms with Crippen LogP contribution in [0, 0.1) is 0 Å². The topological polar surface area (TPSA) is 142 Å². The Morgan fingerprint density at radius 2 is 1.67 bits per heavy atom. The van der Waals surface area contributed by atoms with E-state index < -0.39 is 26.0 Å². The number of nitrogens with one attached hydrogen (secondary N) is 2. The molecule has 0 aromatic heterocycles. The van der Waals surface area contributed by atoms with E-state index in [1.807, 2.05) is 6.92 Å². The minimum atomic E-state index is -4.34. The zero-order valence-electron chi connectivity index (χ0n) is 19.0. The van der Waals surface area contributed by atoms with Crippen molar-refractivity contribution in [1.82, 2.24) is 4.31 Å². The zero-order chi connectivity index (χ0) is 24.8. The second-order valence-electron chi connectivity index (χ2n) is 7.00. The fourth-order valence-corrected chi connectivity index (χ4v) is 5.87. The normalized spacial score (nSPS) is 11.9. The molecule has 0 aliphatic heterocycles. The van der Waals surface area contributed by atoms with E-state index in [1.54, 1.807) is 13.8 Å². The molecule has 2 rings (SSSR count). The number of carboxylic acid groups (broad SMARTS) is 1. The number of methoxy groups -OCH3 is 1. The van der Waals surface area contributed by atoms with Crippen LogP contribution in [0.5, 0.6) is 5.75 Å². The molecule has 33 heavy (non-hydrogen) atoms. The van der Waals surface area contributed by atoms with Crippen molar-refractivity contribution in [2.24, 2.45) is 0 Å². The SMILES string of the molecule is CCCNc1ccc(S(=O)(=O)N(CC)CC)cc1NS(=O)(=O)c1cc(C(=O)O)ccc1OC. The fraction of sp³-hybridized carbons (Fsp3) is 0.381. The molecule has 0 saturated heterocycles. The van der Waals surface area contributed by atoms with Crippen molar-refractivity contribution in [1.29, 1.82) is 0 Å². The third-order valence-electron chi connectivity index (χ3n) is 4.84. The summed E-state index contributed by atoms with van der Waals surface area (Å²) in [5.74, 6) is -1.35. The summed E-state index contributed by atoms with van der Waals surface area (Å²) in [5.41, 5.74) is 0.158. The molecule has 0 amide bonds. The van der Waals surface area contributed by atoms with E-state index in [9.17, 15) is 26.7 Å². The predicted octanol–water partition coefficient (Wildman–Crippen LogP) is 3.05. The summed E-state index contributed by atoms with van der Waals surface area (Å²) in [7, 11) is -6.92. The number of carbonyl (C=O) groups is 1. The Bertz CT molecular complexity index is 1210. The van der Waals surface area contributed by atoms with Crippen molar-refractivity contribution in [2.45, 2.75) is 37.0 Å². The van der Waals surface area contributed by atoms with Crippen LogP contribution in [0.2, 0.25) is 0 Å². The Balaban J connectivity index is 2.62. The quantitative estimate of drug-likeness (QED) is 0.404. The lowest BCUT2D eigenvalue weighted by atomic mass is 10.2. The maximum atomic E-state index is 13.2. The molecule has 0 bridgehead atoms. The minimum absolute atomic E-state index is 0.0134. The number of rotatable bonds is 12. The number of aromatic carboxylic acids is 1. The summed E-state index contributed by atoms with van der Waals surface area (Å²) >= 11 is 0. The predicted molar refractivity (Wildman–Crippen MR) is 126 cm³/mol. The first-order valence-corrected chi connectivity index (χ1v) is 13.3. The average Bonchev–Trinajstić information content (AvgIpc) is 2.78. The van der Waals surface area contributed by atoms with Crippen LogP contribution < -0.4 is 14.8 Å². The Kier molecular flexibility index (Phi) is 8.69. The largest absolute Gasteiger partial charge is 0.495 e. The maximum absolute atomic E-state index is 13.2. The lowest BCUT2D eigenvalue weighted by molar-refractivity contribution is 0.0696. The third kappa shape index (κ3) is 5.95. The molecule has 3 N–H and O–H groups in total. The summed E-state index contributed by atoms with van der Waals surface area (Å²) in [5, 5.41) is 12.3. The fourth-order valence-electron chi connectivity index (χ4n) is 3.11. The lowest BCUT2D eigenvalue weighted by Gasteiger charge is -2.21. The van der Waals surface area contributed by atoms with Crippen LogP contribution in [0.4, 0.5) is 11.4 Å². The van der Waals surface area contributed by atoms with Gasteiger partial charge in [-0.25, -0.2) is 21.6 Å². The molecule has 0 unspecified atom stereocenters. The number of benzene rings is 2. The standard InChI is InChI=1S/C21H29N3O7S2/c1-5-12-22-17-10-9-16(33(29,30)24(6-2)7-3)14-18(17)23-32(27,28)20-13-15(21(25)26)8-11-19(20)31-4/h8-11,13-14,22-23H,5-7,12H2,1-4H3,(H,25,26). The van der Waals surface area contributed by atoms with Gasteiger partial charge < -0.3 is 15.2 Å². The molecule has 10 nitrogen and oxygen atoms in total. The van der Waals surface area contributed by atoms with E-state index in [0.717, 1.165) is 12.5 Å². The molecular weight excluding hydrogens is 470 g/mol. The lowest BCUT2D eigenvalue weighted by Crippen LogP contribution is -2.30. The van der Waals surface area contributed by atoms with E-state index in [-0.39, 0.29) is 39.9 Å². The Hall–Kier alpha value is -2.83. The molecule has 182 valence electrons. The molecule has 0 radical (unpaired) electrons. The highest BCUT2D eigenvalue weighted by Gasteiger charge is 2.26. The van der Waals surface area contributed by atoms with Crippen LogP contribution in [0.1, 0.15) is 37.6 Å². The second kappa shape index (κ2) is 10.9. The summed E-state index contributed by atoms with van der Waals surface area (Å²) in [6.45, 7) is 6.39. The molecular formula is C21H29N3O7S2. The van der Waals surface area contributed by atoms with Crippen molar-refractivity contribution in [2.75, 3.05) is 36.8 Å². The molecule has 0 heterocycles. The first-order valence-electron chi connectivity index (χ1n) is 10.3. The van der Waals surface area contributed by atoms with E-state index in [1.165, 1.54) is 41.7 Å². The smallest absolute Gasteiger partial charge is 0.335 e. The zero-order valence-corrected chi connectivity index (χ0v) is 20.6. The highest BCUT2D eigenvalue weighted by atomic mass is 32.2. The summed E-state index contributed by atoms with van der Waals surface area (Å²) in [6, 6.07) is 7.61. The highest BCUT2D eigenvalue weighted by molar-refractivity contribution is 7.93. The van der Waals surface area contributed by atoms with E-state index >= 15 is 0 Å². The third-order valence-corrected chi connectivity index (χ3v) is 8.28. The van der Waals surface area contributed by atoms with Crippen molar-refractivity contribution in [3.05, 3.63) is 42.0 Å². The number of carboxylic acids is 1. The Morgan fingerprint density at radius 1 is 1.00 bits per heavy atom. The van der Waals surface area contributed by atoms with Crippen LogP contribution in [0.3, 0.4) is 0 Å². The van der Waals surface area contributed by atoms with Gasteiger partial charge >= 0.3 is 5.97 Å². The highest BCUT2D eigenvalue weighted by Crippen LogP contribution is 2.32. The maximum Gasteiger partial charge on any atom is 0.335 e. The molecule has 0 aliphatic carbocycles. The van der Waals surface area contributed by atoms with Crippen LogP contribution >= 0.6 is 0 Å². The Labute approximate surface area is 194 Å². The van der Waals surface area contributed by atoms with Gasteiger partial charge in [-0.15, -0.1) is 0 Å². The van der Waals surface area contributed by atoms with Gasteiger partial charge in [-0.1, -0.05) is 20.8 Å². The van der Waals surface area contributed by atoms with Gasteiger partial charge in [0.25, 0.3) is 10.0 Å². The molecule has 0 fully saturated rings. The molecule has 2 aromatic carbocycles. The monoisotopic (exact) mass is 499 g/mol. The minimum Gasteiger partial charge on any atom is -0.495 e. The number of nitrogens with zero attached hydrogens (tertiary/aromatic N) is 1. The van der Waals surface area contributed by atoms with Gasteiger partial charge in [-0.3, -0.25) is 4.72 Å². The molecule has 0 atom stereocenters. The molecule has 0 spiro atoms. The average molecular weight is 500 g/mol. The van der Waals surface area contributed by atoms with E-state index in [2.05, 4.69) is 10.0 Å². The molecule has 0 aliphatic rings. The molecule has 12 heteroatoms. The van der Waals surface area contributed by atoms with E-state index in [0.29, 0.717) is 12.2 Å². The first-order chi connectivity index (χ1) is 15.5. The van der Waals surface area contributed by atoms with Crippen LogP contribution in [0.15, 0.2) is 46.2 Å². The Morgan fingerprint density at radius 3 is 2.21 bits per heavy atom. The summed E-state index contributed by atoms with van der Waals surface area (Å²) in [6.07, 6.45) is 0.750. The molecule has 0 saturated carbocycles. The van der Waals surface area contributed by atoms with Crippen molar-refractivity contribution in [3.8, 4) is 5.75 Å². The van der Waals surface area contributed by atoms with Gasteiger partial charge in [0.05, 0.1) is 28.9 Å². The van der Waals surface area contributed by atoms with E-state index in [4.69, 9.17) is 4.74 Å². The van der Waals surface area contributed by atoms with Crippen LogP contribution in [-0.4, -0.2) is 59.0 Å². The second-order valence-corrected chi connectivity index (χ2v) is 10.6. The van der Waals surface area contributed by atoms with Gasteiger partial charge in [0.1, 0.15) is 10.6 Å². The van der Waals surface area contributed by atoms with Crippen molar-refractivity contribution >= 4 is 37.4 Å².